The molecule has 14 heavy (non-hydrogen) atoms. The molecule has 1 heterocycles. The Morgan fingerprint density at radius 2 is 2.36 bits per heavy atom. The fraction of sp³-hybridized carbons (Fsp3) is 0.111. The highest BCUT2D eigenvalue weighted by Crippen LogP contribution is 2.21. The lowest BCUT2D eigenvalue weighted by molar-refractivity contribution is 0.108. The zero-order valence-corrected chi connectivity index (χ0v) is 7.78. The number of oxazole rings is 1. The van der Waals surface area contributed by atoms with Gasteiger partial charge in [0, 0.05) is 0 Å². The van der Waals surface area contributed by atoms with Crippen LogP contribution in [0.4, 0.5) is 0 Å². The van der Waals surface area contributed by atoms with E-state index in [1.165, 1.54) is 0 Å². The number of aliphatic hydroxyl groups is 1. The number of benzene rings is 1. The topological polar surface area (TPSA) is 63.3 Å². The summed E-state index contributed by atoms with van der Waals surface area (Å²) in [4.78, 5) is 14.9. The summed E-state index contributed by atoms with van der Waals surface area (Å²) >= 11 is 5.35. The minimum absolute atomic E-state index is 0.172. The first-order valence-electron chi connectivity index (χ1n) is 3.91. The van der Waals surface area contributed by atoms with Crippen molar-refractivity contribution < 1.29 is 14.3 Å². The van der Waals surface area contributed by atoms with E-state index >= 15 is 0 Å². The second-order valence-corrected chi connectivity index (χ2v) is 3.04. The Bertz CT molecular complexity index is 492. The maximum atomic E-state index is 11.0. The van der Waals surface area contributed by atoms with Crippen molar-refractivity contribution in [3.05, 3.63) is 29.7 Å². The number of aliphatic hydroxyl groups excluding tert-OH is 1. The third-order valence-electron chi connectivity index (χ3n) is 1.81. The highest BCUT2D eigenvalue weighted by Gasteiger charge is 2.12. The van der Waals surface area contributed by atoms with Crippen LogP contribution >= 0.6 is 11.6 Å². The Balaban J connectivity index is 2.73. The molecule has 1 aromatic carbocycles. The molecule has 4 nitrogen and oxygen atoms in total. The zero-order valence-electron chi connectivity index (χ0n) is 7.03. The number of hydrogen-bond acceptors (Lipinski definition) is 4. The number of nitrogens with zero attached hydrogens (tertiary/aromatic N) is 1. The van der Waals surface area contributed by atoms with Gasteiger partial charge >= 0.3 is 0 Å². The van der Waals surface area contributed by atoms with Crippen LogP contribution in [0.1, 0.15) is 16.2 Å². The number of fused-ring (bicyclic) bond motifs is 1. The van der Waals surface area contributed by atoms with Gasteiger partial charge in [-0.1, -0.05) is 6.07 Å². The van der Waals surface area contributed by atoms with Gasteiger partial charge < -0.3 is 9.52 Å². The smallest absolute Gasteiger partial charge is 0.256 e. The molecule has 0 saturated carbocycles. The first kappa shape index (κ1) is 9.18. The minimum Gasteiger partial charge on any atom is -0.437 e. The average molecular weight is 212 g/mol. The minimum atomic E-state index is -0.601. The van der Waals surface area contributed by atoms with Crippen molar-refractivity contribution >= 4 is 27.9 Å². The van der Waals surface area contributed by atoms with E-state index in [1.54, 1.807) is 18.2 Å². The summed E-state index contributed by atoms with van der Waals surface area (Å²) in [5.74, 6) is 0.172. The largest absolute Gasteiger partial charge is 0.437 e. The monoisotopic (exact) mass is 211 g/mol. The van der Waals surface area contributed by atoms with Crippen molar-refractivity contribution in [3.63, 3.8) is 0 Å². The third-order valence-corrected chi connectivity index (χ3v) is 2.01. The molecular formula is C9H6ClNO3. The number of rotatable bonds is 2. The number of halogens is 1. The SMILES string of the molecule is O=C(Cl)c1cccc2nc(CO)oc12. The molecular weight excluding hydrogens is 206 g/mol. The second kappa shape index (κ2) is 3.40. The van der Waals surface area contributed by atoms with Gasteiger partial charge in [0.25, 0.3) is 5.24 Å². The van der Waals surface area contributed by atoms with Crippen LogP contribution in [0.2, 0.25) is 0 Å². The van der Waals surface area contributed by atoms with Gasteiger partial charge in [0.15, 0.2) is 5.58 Å². The summed E-state index contributed by atoms with van der Waals surface area (Å²) in [5.41, 5.74) is 1.09. The summed E-state index contributed by atoms with van der Waals surface area (Å²) in [6.45, 7) is -0.301. The van der Waals surface area contributed by atoms with Gasteiger partial charge in [-0.3, -0.25) is 4.79 Å². The normalized spacial score (nSPS) is 10.7. The number of aromatic nitrogens is 1. The highest BCUT2D eigenvalue weighted by molar-refractivity contribution is 6.68. The Morgan fingerprint density at radius 1 is 1.57 bits per heavy atom. The van der Waals surface area contributed by atoms with Crippen molar-refractivity contribution in [3.8, 4) is 0 Å². The molecule has 0 radical (unpaired) electrons. The van der Waals surface area contributed by atoms with Crippen LogP contribution in [0.25, 0.3) is 11.1 Å². The van der Waals surface area contributed by atoms with Crippen LogP contribution in [0.3, 0.4) is 0 Å². The van der Waals surface area contributed by atoms with E-state index in [9.17, 15) is 4.79 Å². The molecule has 0 aliphatic rings. The Labute approximate surface area is 84.1 Å². The van der Waals surface area contributed by atoms with Crippen molar-refractivity contribution in [2.24, 2.45) is 0 Å². The van der Waals surface area contributed by atoms with E-state index in [-0.39, 0.29) is 18.1 Å². The van der Waals surface area contributed by atoms with Crippen molar-refractivity contribution in [2.75, 3.05) is 0 Å². The maximum Gasteiger partial charge on any atom is 0.256 e. The van der Waals surface area contributed by atoms with Gasteiger partial charge in [0.1, 0.15) is 12.1 Å². The van der Waals surface area contributed by atoms with E-state index in [4.69, 9.17) is 21.1 Å². The predicted molar refractivity (Wildman–Crippen MR) is 50.1 cm³/mol. The van der Waals surface area contributed by atoms with Gasteiger partial charge in [0.05, 0.1) is 5.56 Å². The average Bonchev–Trinajstić information content (AvgIpc) is 2.59. The molecule has 0 amide bonds. The molecule has 72 valence electrons. The predicted octanol–water partition coefficient (Wildman–Crippen LogP) is 1.70. The highest BCUT2D eigenvalue weighted by atomic mass is 35.5. The Hall–Kier alpha value is -1.39. The van der Waals surface area contributed by atoms with Gasteiger partial charge in [0.2, 0.25) is 5.89 Å². The molecule has 2 aromatic rings. The lowest BCUT2D eigenvalue weighted by Crippen LogP contribution is -1.87. The molecule has 0 unspecified atom stereocenters. The Morgan fingerprint density at radius 3 is 3.00 bits per heavy atom. The lowest BCUT2D eigenvalue weighted by Gasteiger charge is -1.92. The number of hydrogen-bond donors (Lipinski definition) is 1. The van der Waals surface area contributed by atoms with E-state index < -0.39 is 5.24 Å². The van der Waals surface area contributed by atoms with E-state index in [2.05, 4.69) is 4.98 Å². The van der Waals surface area contributed by atoms with Crippen molar-refractivity contribution in [2.45, 2.75) is 6.61 Å². The maximum absolute atomic E-state index is 11.0. The molecule has 0 fully saturated rings. The first-order valence-corrected chi connectivity index (χ1v) is 4.29. The third kappa shape index (κ3) is 1.38. The quantitative estimate of drug-likeness (QED) is 0.768. The van der Waals surface area contributed by atoms with Gasteiger partial charge in [-0.25, -0.2) is 4.98 Å². The van der Waals surface area contributed by atoms with E-state index in [0.717, 1.165) is 0 Å². The molecule has 0 bridgehead atoms. The van der Waals surface area contributed by atoms with Crippen LogP contribution in [0.5, 0.6) is 0 Å². The fourth-order valence-electron chi connectivity index (χ4n) is 1.22. The second-order valence-electron chi connectivity index (χ2n) is 2.69. The van der Waals surface area contributed by atoms with E-state index in [1.807, 2.05) is 0 Å². The molecule has 1 aromatic heterocycles. The van der Waals surface area contributed by atoms with Gasteiger partial charge in [-0.05, 0) is 23.7 Å². The summed E-state index contributed by atoms with van der Waals surface area (Å²) in [7, 11) is 0. The lowest BCUT2D eigenvalue weighted by atomic mass is 10.2. The number of carbonyl (C=O) groups is 1. The number of para-hydroxylation sites is 1. The van der Waals surface area contributed by atoms with Crippen LogP contribution in [-0.4, -0.2) is 15.3 Å². The van der Waals surface area contributed by atoms with Crippen molar-refractivity contribution in [1.82, 2.24) is 4.98 Å². The molecule has 5 heteroatoms. The van der Waals surface area contributed by atoms with Crippen LogP contribution in [-0.2, 0) is 6.61 Å². The fourth-order valence-corrected chi connectivity index (χ4v) is 1.37. The number of carbonyl (C=O) groups excluding carboxylic acids is 1. The standard InChI is InChI=1S/C9H6ClNO3/c10-9(13)5-2-1-3-6-8(5)14-7(4-12)11-6/h1-3,12H,4H2. The Kier molecular flexibility index (Phi) is 2.23. The van der Waals surface area contributed by atoms with Crippen LogP contribution in [0.15, 0.2) is 22.6 Å². The molecule has 2 rings (SSSR count). The van der Waals surface area contributed by atoms with Gasteiger partial charge in [-0.15, -0.1) is 0 Å². The molecule has 1 N–H and O–H groups in total. The molecule has 0 atom stereocenters. The first-order chi connectivity index (χ1) is 6.72. The van der Waals surface area contributed by atoms with E-state index in [0.29, 0.717) is 11.1 Å². The summed E-state index contributed by atoms with van der Waals surface area (Å²) in [6.07, 6.45) is 0. The molecule has 0 aliphatic carbocycles. The van der Waals surface area contributed by atoms with Crippen LogP contribution < -0.4 is 0 Å². The zero-order chi connectivity index (χ0) is 10.1. The molecule has 0 aliphatic heterocycles. The van der Waals surface area contributed by atoms with Crippen molar-refractivity contribution in [1.29, 1.82) is 0 Å². The molecule has 0 spiro atoms. The van der Waals surface area contributed by atoms with Crippen LogP contribution in [0, 0.1) is 0 Å². The summed E-state index contributed by atoms with van der Waals surface area (Å²) in [6, 6.07) is 4.88. The molecule has 0 saturated heterocycles. The summed E-state index contributed by atoms with van der Waals surface area (Å²) in [5, 5.41) is 8.19. The van der Waals surface area contributed by atoms with Gasteiger partial charge in [-0.2, -0.15) is 0 Å². The summed E-state index contributed by atoms with van der Waals surface area (Å²) < 4.78 is 5.14.